The van der Waals surface area contributed by atoms with E-state index in [4.69, 9.17) is 26.8 Å². The van der Waals surface area contributed by atoms with Crippen LogP contribution < -0.4 is 15.8 Å². The first-order valence-corrected chi connectivity index (χ1v) is 7.64. The van der Waals surface area contributed by atoms with Crippen molar-refractivity contribution >= 4 is 29.9 Å². The fourth-order valence-electron chi connectivity index (χ4n) is 2.87. The van der Waals surface area contributed by atoms with Gasteiger partial charge in [-0.15, -0.1) is 12.4 Å². The van der Waals surface area contributed by atoms with Crippen LogP contribution in [0.15, 0.2) is 18.2 Å². The van der Waals surface area contributed by atoms with Crippen LogP contribution in [0, 0.1) is 0 Å². The summed E-state index contributed by atoms with van der Waals surface area (Å²) in [5, 5.41) is 3.62. The fourth-order valence-corrected chi connectivity index (χ4v) is 3.11. The van der Waals surface area contributed by atoms with E-state index in [0.717, 1.165) is 24.8 Å². The Kier molecular flexibility index (Phi) is 5.92. The van der Waals surface area contributed by atoms with Crippen LogP contribution in [0.5, 0.6) is 5.75 Å². The molecule has 3 atom stereocenters. The summed E-state index contributed by atoms with van der Waals surface area (Å²) in [6.45, 7) is 0.998. The quantitative estimate of drug-likeness (QED) is 0.879. The third kappa shape index (κ3) is 3.49. The average molecular weight is 347 g/mol. The molecule has 22 heavy (non-hydrogen) atoms. The van der Waals surface area contributed by atoms with E-state index >= 15 is 0 Å². The van der Waals surface area contributed by atoms with E-state index in [2.05, 4.69) is 5.32 Å². The lowest BCUT2D eigenvalue weighted by molar-refractivity contribution is -0.132. The second-order valence-electron chi connectivity index (χ2n) is 5.42. The zero-order valence-corrected chi connectivity index (χ0v) is 13.7. The summed E-state index contributed by atoms with van der Waals surface area (Å²) in [6, 6.07) is 5.51. The highest BCUT2D eigenvalue weighted by molar-refractivity contribution is 6.32. The molecule has 2 aliphatic rings. The number of halogens is 2. The van der Waals surface area contributed by atoms with Crippen LogP contribution in [0.2, 0.25) is 5.02 Å². The zero-order valence-electron chi connectivity index (χ0n) is 12.1. The van der Waals surface area contributed by atoms with E-state index in [-0.39, 0.29) is 30.5 Å². The van der Waals surface area contributed by atoms with E-state index in [0.29, 0.717) is 23.9 Å². The first-order chi connectivity index (χ1) is 10.2. The van der Waals surface area contributed by atoms with Crippen molar-refractivity contribution in [2.45, 2.75) is 37.5 Å². The zero-order chi connectivity index (χ0) is 14.8. The first kappa shape index (κ1) is 17.3. The van der Waals surface area contributed by atoms with Crippen LogP contribution in [0.3, 0.4) is 0 Å². The number of benzene rings is 1. The highest BCUT2D eigenvalue weighted by atomic mass is 35.5. The maximum absolute atomic E-state index is 12.3. The second kappa shape index (κ2) is 7.51. The number of hydrogen-bond donors (Lipinski definition) is 2. The Hall–Kier alpha value is -1.01. The van der Waals surface area contributed by atoms with Gasteiger partial charge in [0.1, 0.15) is 11.9 Å². The van der Waals surface area contributed by atoms with Gasteiger partial charge in [-0.05, 0) is 18.9 Å². The third-order valence-electron chi connectivity index (χ3n) is 4.01. The standard InChI is InChI=1S/C15H19ClN2O3.ClH/c16-11-3-1-2-10-12(6-7-20-14(10)11)18-15(19)13-5-4-9(8-17)21-13;/h1-3,9,12-13H,4-8,17H2,(H,18,19);1H/t9-,12?,13+;/m1./s1. The number of nitrogens with two attached hydrogens (primary N) is 1. The lowest BCUT2D eigenvalue weighted by atomic mass is 10.00. The lowest BCUT2D eigenvalue weighted by Gasteiger charge is -2.28. The molecule has 2 heterocycles. The summed E-state index contributed by atoms with van der Waals surface area (Å²) in [7, 11) is 0. The van der Waals surface area contributed by atoms with Gasteiger partial charge in [0.2, 0.25) is 5.91 Å². The van der Waals surface area contributed by atoms with Crippen molar-refractivity contribution in [2.24, 2.45) is 5.73 Å². The number of ether oxygens (including phenoxy) is 2. The van der Waals surface area contributed by atoms with Gasteiger partial charge in [-0.2, -0.15) is 0 Å². The summed E-state index contributed by atoms with van der Waals surface area (Å²) >= 11 is 6.13. The molecule has 0 radical (unpaired) electrons. The molecule has 1 unspecified atom stereocenters. The number of amides is 1. The number of carbonyl (C=O) groups excluding carboxylic acids is 1. The van der Waals surface area contributed by atoms with Gasteiger partial charge < -0.3 is 20.5 Å². The molecule has 1 amide bonds. The molecular formula is C15H20Cl2N2O3. The van der Waals surface area contributed by atoms with Crippen molar-refractivity contribution in [1.82, 2.24) is 5.32 Å². The minimum absolute atomic E-state index is 0. The molecule has 7 heteroatoms. The molecule has 1 saturated heterocycles. The molecule has 0 saturated carbocycles. The van der Waals surface area contributed by atoms with Gasteiger partial charge in [-0.25, -0.2) is 0 Å². The molecule has 5 nitrogen and oxygen atoms in total. The van der Waals surface area contributed by atoms with Crippen LogP contribution in [0.1, 0.15) is 30.9 Å². The van der Waals surface area contributed by atoms with E-state index in [1.165, 1.54) is 0 Å². The molecular weight excluding hydrogens is 327 g/mol. The van der Waals surface area contributed by atoms with Gasteiger partial charge >= 0.3 is 0 Å². The van der Waals surface area contributed by atoms with Gasteiger partial charge in [-0.1, -0.05) is 23.7 Å². The highest BCUT2D eigenvalue weighted by Gasteiger charge is 2.32. The molecule has 3 rings (SSSR count). The van der Waals surface area contributed by atoms with E-state index in [9.17, 15) is 4.79 Å². The Balaban J connectivity index is 0.00000176. The molecule has 0 spiro atoms. The van der Waals surface area contributed by atoms with Gasteiger partial charge in [0.05, 0.1) is 23.8 Å². The Labute approximate surface area is 140 Å². The summed E-state index contributed by atoms with van der Waals surface area (Å²) in [5.41, 5.74) is 6.50. The summed E-state index contributed by atoms with van der Waals surface area (Å²) in [6.07, 6.45) is 1.89. The van der Waals surface area contributed by atoms with E-state index < -0.39 is 6.10 Å². The van der Waals surface area contributed by atoms with Crippen molar-refractivity contribution in [3.05, 3.63) is 28.8 Å². The SMILES string of the molecule is Cl.NC[C@H]1CC[C@@H](C(=O)NC2CCOc3c(Cl)cccc32)O1. The topological polar surface area (TPSA) is 73.6 Å². The predicted octanol–water partition coefficient (Wildman–Crippen LogP) is 2.21. The molecule has 3 N–H and O–H groups in total. The summed E-state index contributed by atoms with van der Waals surface area (Å²) < 4.78 is 11.2. The maximum atomic E-state index is 12.3. The number of hydrogen-bond acceptors (Lipinski definition) is 4. The minimum atomic E-state index is -0.399. The van der Waals surface area contributed by atoms with Crippen LogP contribution >= 0.6 is 24.0 Å². The second-order valence-corrected chi connectivity index (χ2v) is 5.82. The van der Waals surface area contributed by atoms with Gasteiger partial charge in [0.15, 0.2) is 0 Å². The van der Waals surface area contributed by atoms with Gasteiger partial charge in [0, 0.05) is 18.5 Å². The highest BCUT2D eigenvalue weighted by Crippen LogP contribution is 2.37. The Morgan fingerprint density at radius 2 is 2.18 bits per heavy atom. The average Bonchev–Trinajstić information content (AvgIpc) is 2.97. The van der Waals surface area contributed by atoms with Crippen molar-refractivity contribution in [2.75, 3.05) is 13.2 Å². The van der Waals surface area contributed by atoms with Crippen LogP contribution in [-0.2, 0) is 9.53 Å². The summed E-state index contributed by atoms with van der Waals surface area (Å²) in [5.74, 6) is 0.590. The van der Waals surface area contributed by atoms with Crippen LogP contribution in [0.4, 0.5) is 0 Å². The largest absolute Gasteiger partial charge is 0.492 e. The van der Waals surface area contributed by atoms with Crippen molar-refractivity contribution in [3.8, 4) is 5.75 Å². The Morgan fingerprint density at radius 3 is 2.91 bits per heavy atom. The molecule has 122 valence electrons. The number of para-hydroxylation sites is 1. The first-order valence-electron chi connectivity index (χ1n) is 7.26. The smallest absolute Gasteiger partial charge is 0.249 e. The molecule has 1 fully saturated rings. The molecule has 0 aliphatic carbocycles. The maximum Gasteiger partial charge on any atom is 0.249 e. The number of rotatable bonds is 3. The predicted molar refractivity (Wildman–Crippen MR) is 86.6 cm³/mol. The monoisotopic (exact) mass is 346 g/mol. The fraction of sp³-hybridized carbons (Fsp3) is 0.533. The molecule has 0 bridgehead atoms. The lowest BCUT2D eigenvalue weighted by Crippen LogP contribution is -2.39. The normalized spacial score (nSPS) is 26.5. The van der Waals surface area contributed by atoms with Crippen LogP contribution in [-0.4, -0.2) is 31.3 Å². The Morgan fingerprint density at radius 1 is 1.36 bits per heavy atom. The third-order valence-corrected chi connectivity index (χ3v) is 4.30. The molecule has 1 aromatic carbocycles. The number of fused-ring (bicyclic) bond motifs is 1. The van der Waals surface area contributed by atoms with Crippen molar-refractivity contribution in [3.63, 3.8) is 0 Å². The van der Waals surface area contributed by atoms with Crippen molar-refractivity contribution < 1.29 is 14.3 Å². The Bertz CT molecular complexity index is 542. The number of nitrogens with one attached hydrogen (secondary N) is 1. The van der Waals surface area contributed by atoms with E-state index in [1.54, 1.807) is 6.07 Å². The van der Waals surface area contributed by atoms with Gasteiger partial charge in [0.25, 0.3) is 0 Å². The van der Waals surface area contributed by atoms with Gasteiger partial charge in [-0.3, -0.25) is 4.79 Å². The summed E-state index contributed by atoms with van der Waals surface area (Å²) in [4.78, 5) is 12.3. The minimum Gasteiger partial charge on any atom is -0.492 e. The van der Waals surface area contributed by atoms with Crippen LogP contribution in [0.25, 0.3) is 0 Å². The molecule has 1 aromatic rings. The van der Waals surface area contributed by atoms with E-state index in [1.807, 2.05) is 12.1 Å². The molecule has 2 aliphatic heterocycles. The van der Waals surface area contributed by atoms with Crippen molar-refractivity contribution in [1.29, 1.82) is 0 Å². The molecule has 0 aromatic heterocycles. The number of carbonyl (C=O) groups is 1.